The van der Waals surface area contributed by atoms with Gasteiger partial charge in [0, 0.05) is 37.5 Å². The van der Waals surface area contributed by atoms with Crippen LogP contribution >= 0.6 is 0 Å². The van der Waals surface area contributed by atoms with Crippen molar-refractivity contribution in [2.45, 2.75) is 64.2 Å². The molecule has 2 amide bonds. The SMILES string of the molecule is CC[C@H](C)N1C(=O)[C@@H](Cc2ccccc2)NC12CCN(C(=O)c1ccc(C)cc1)CC2. The van der Waals surface area contributed by atoms with Crippen LogP contribution in [-0.4, -0.2) is 52.5 Å². The van der Waals surface area contributed by atoms with E-state index >= 15 is 0 Å². The van der Waals surface area contributed by atoms with E-state index in [0.29, 0.717) is 19.5 Å². The van der Waals surface area contributed by atoms with Gasteiger partial charge in [0.15, 0.2) is 0 Å². The molecule has 0 unspecified atom stereocenters. The van der Waals surface area contributed by atoms with E-state index in [1.54, 1.807) is 0 Å². The summed E-state index contributed by atoms with van der Waals surface area (Å²) >= 11 is 0. The lowest BCUT2D eigenvalue weighted by molar-refractivity contribution is -0.136. The zero-order valence-corrected chi connectivity index (χ0v) is 18.8. The van der Waals surface area contributed by atoms with Crippen LogP contribution in [0.25, 0.3) is 0 Å². The lowest BCUT2D eigenvalue weighted by Crippen LogP contribution is -2.61. The highest BCUT2D eigenvalue weighted by molar-refractivity contribution is 5.94. The van der Waals surface area contributed by atoms with Gasteiger partial charge >= 0.3 is 0 Å². The molecule has 4 rings (SSSR count). The van der Waals surface area contributed by atoms with Crippen LogP contribution in [0.15, 0.2) is 54.6 Å². The molecule has 1 N–H and O–H groups in total. The van der Waals surface area contributed by atoms with Gasteiger partial charge in [-0.3, -0.25) is 14.9 Å². The van der Waals surface area contributed by atoms with Gasteiger partial charge in [0.25, 0.3) is 5.91 Å². The lowest BCUT2D eigenvalue weighted by Gasteiger charge is -2.46. The minimum atomic E-state index is -0.365. The molecule has 2 aliphatic heterocycles. The monoisotopic (exact) mass is 419 g/mol. The zero-order chi connectivity index (χ0) is 22.0. The van der Waals surface area contributed by atoms with E-state index in [-0.39, 0.29) is 29.6 Å². The molecular formula is C26H33N3O2. The molecule has 2 aromatic carbocycles. The first-order valence-corrected chi connectivity index (χ1v) is 11.4. The fourth-order valence-electron chi connectivity index (χ4n) is 4.99. The van der Waals surface area contributed by atoms with E-state index in [1.807, 2.05) is 54.3 Å². The quantitative estimate of drug-likeness (QED) is 0.803. The van der Waals surface area contributed by atoms with Crippen LogP contribution in [0, 0.1) is 6.92 Å². The van der Waals surface area contributed by atoms with Crippen molar-refractivity contribution in [3.05, 3.63) is 71.3 Å². The summed E-state index contributed by atoms with van der Waals surface area (Å²) in [4.78, 5) is 30.4. The first kappa shape index (κ1) is 21.6. The van der Waals surface area contributed by atoms with Gasteiger partial charge in [0.05, 0.1) is 11.7 Å². The number of benzene rings is 2. The van der Waals surface area contributed by atoms with E-state index in [1.165, 1.54) is 5.56 Å². The second kappa shape index (κ2) is 8.83. The van der Waals surface area contributed by atoms with E-state index in [9.17, 15) is 9.59 Å². The highest BCUT2D eigenvalue weighted by atomic mass is 16.2. The van der Waals surface area contributed by atoms with Crippen molar-refractivity contribution in [1.82, 2.24) is 15.1 Å². The van der Waals surface area contributed by atoms with Crippen molar-refractivity contribution < 1.29 is 9.59 Å². The van der Waals surface area contributed by atoms with Crippen LogP contribution in [0.5, 0.6) is 0 Å². The molecule has 2 fully saturated rings. The number of likely N-dealkylation sites (tertiary alicyclic amines) is 1. The summed E-state index contributed by atoms with van der Waals surface area (Å²) in [5.41, 5.74) is 2.69. The predicted octanol–water partition coefficient (Wildman–Crippen LogP) is 3.77. The van der Waals surface area contributed by atoms with E-state index < -0.39 is 0 Å². The van der Waals surface area contributed by atoms with Crippen molar-refractivity contribution >= 4 is 11.8 Å². The number of nitrogens with zero attached hydrogens (tertiary/aromatic N) is 2. The van der Waals surface area contributed by atoms with Gasteiger partial charge in [0.1, 0.15) is 0 Å². The lowest BCUT2D eigenvalue weighted by atomic mass is 9.93. The zero-order valence-electron chi connectivity index (χ0n) is 18.8. The number of hydrogen-bond donors (Lipinski definition) is 1. The largest absolute Gasteiger partial charge is 0.338 e. The Balaban J connectivity index is 1.50. The Morgan fingerprint density at radius 3 is 2.35 bits per heavy atom. The van der Waals surface area contributed by atoms with Crippen LogP contribution in [0.1, 0.15) is 54.6 Å². The van der Waals surface area contributed by atoms with Crippen molar-refractivity contribution in [2.24, 2.45) is 0 Å². The van der Waals surface area contributed by atoms with Crippen molar-refractivity contribution in [3.63, 3.8) is 0 Å². The molecule has 2 atom stereocenters. The second-order valence-corrected chi connectivity index (χ2v) is 9.04. The smallest absolute Gasteiger partial charge is 0.253 e. The normalized spacial score (nSPS) is 21.5. The minimum Gasteiger partial charge on any atom is -0.338 e. The second-order valence-electron chi connectivity index (χ2n) is 9.04. The number of carbonyl (C=O) groups excluding carboxylic acids is 2. The number of piperidine rings is 1. The predicted molar refractivity (Wildman–Crippen MR) is 123 cm³/mol. The van der Waals surface area contributed by atoms with E-state index in [2.05, 4.69) is 36.2 Å². The molecule has 0 bridgehead atoms. The molecule has 0 saturated carbocycles. The van der Waals surface area contributed by atoms with Crippen LogP contribution in [0.3, 0.4) is 0 Å². The number of nitrogens with one attached hydrogen (secondary N) is 1. The molecule has 31 heavy (non-hydrogen) atoms. The number of carbonyl (C=O) groups is 2. The number of amides is 2. The average molecular weight is 420 g/mol. The van der Waals surface area contributed by atoms with Gasteiger partial charge in [0.2, 0.25) is 5.91 Å². The molecule has 0 aliphatic carbocycles. The summed E-state index contributed by atoms with van der Waals surface area (Å²) in [6.07, 6.45) is 3.12. The summed E-state index contributed by atoms with van der Waals surface area (Å²) in [6, 6.07) is 17.9. The van der Waals surface area contributed by atoms with Crippen LogP contribution < -0.4 is 5.32 Å². The van der Waals surface area contributed by atoms with Crippen LogP contribution in [0.4, 0.5) is 0 Å². The first-order valence-electron chi connectivity index (χ1n) is 11.4. The fourth-order valence-corrected chi connectivity index (χ4v) is 4.99. The highest BCUT2D eigenvalue weighted by Gasteiger charge is 2.52. The molecule has 1 spiro atoms. The number of rotatable bonds is 5. The highest BCUT2D eigenvalue weighted by Crippen LogP contribution is 2.36. The van der Waals surface area contributed by atoms with Crippen molar-refractivity contribution in [2.75, 3.05) is 13.1 Å². The Labute approximate surface area is 185 Å². The third-order valence-electron chi connectivity index (χ3n) is 6.93. The molecule has 2 aromatic rings. The molecule has 2 saturated heterocycles. The summed E-state index contributed by atoms with van der Waals surface area (Å²) in [5, 5.41) is 3.72. The third kappa shape index (κ3) is 4.24. The van der Waals surface area contributed by atoms with Crippen LogP contribution in [0.2, 0.25) is 0 Å². The third-order valence-corrected chi connectivity index (χ3v) is 6.93. The Morgan fingerprint density at radius 1 is 1.10 bits per heavy atom. The Hall–Kier alpha value is -2.66. The number of hydrogen-bond acceptors (Lipinski definition) is 3. The molecule has 2 aliphatic rings. The summed E-state index contributed by atoms with van der Waals surface area (Å²) in [5.74, 6) is 0.270. The maximum atomic E-state index is 13.4. The average Bonchev–Trinajstić information content (AvgIpc) is 3.05. The van der Waals surface area contributed by atoms with Gasteiger partial charge in [-0.25, -0.2) is 0 Å². The van der Waals surface area contributed by atoms with Gasteiger partial charge in [-0.05, 0) is 44.4 Å². The first-order chi connectivity index (χ1) is 14.9. The molecule has 5 heteroatoms. The Morgan fingerprint density at radius 2 is 1.74 bits per heavy atom. The molecular weight excluding hydrogens is 386 g/mol. The van der Waals surface area contributed by atoms with Crippen molar-refractivity contribution in [3.8, 4) is 0 Å². The van der Waals surface area contributed by atoms with Gasteiger partial charge in [-0.1, -0.05) is 55.0 Å². The maximum Gasteiger partial charge on any atom is 0.253 e. The Kier molecular flexibility index (Phi) is 6.15. The summed E-state index contributed by atoms with van der Waals surface area (Å²) in [6.45, 7) is 7.59. The van der Waals surface area contributed by atoms with Gasteiger partial charge in [-0.2, -0.15) is 0 Å². The summed E-state index contributed by atoms with van der Waals surface area (Å²) in [7, 11) is 0. The number of aryl methyl sites for hydroxylation is 1. The fraction of sp³-hybridized carbons (Fsp3) is 0.462. The maximum absolute atomic E-state index is 13.4. The minimum absolute atomic E-state index is 0.0788. The van der Waals surface area contributed by atoms with Crippen LogP contribution in [-0.2, 0) is 11.2 Å². The topological polar surface area (TPSA) is 52.7 Å². The molecule has 0 aromatic heterocycles. The molecule has 2 heterocycles. The van der Waals surface area contributed by atoms with Gasteiger partial charge in [-0.15, -0.1) is 0 Å². The summed E-state index contributed by atoms with van der Waals surface area (Å²) < 4.78 is 0. The van der Waals surface area contributed by atoms with Gasteiger partial charge < -0.3 is 9.80 Å². The molecule has 164 valence electrons. The molecule has 0 radical (unpaired) electrons. The van der Waals surface area contributed by atoms with E-state index in [0.717, 1.165) is 30.4 Å². The molecule has 5 nitrogen and oxygen atoms in total. The van der Waals surface area contributed by atoms with Crippen molar-refractivity contribution in [1.29, 1.82) is 0 Å². The Bertz CT molecular complexity index is 917. The van der Waals surface area contributed by atoms with E-state index in [4.69, 9.17) is 0 Å². The standard InChI is InChI=1S/C26H33N3O2/c1-4-20(3)29-25(31)23(18-21-8-6-5-7-9-21)27-26(29)14-16-28(17-15-26)24(30)22-12-10-19(2)11-13-22/h5-13,20,23,27H,4,14-18H2,1-3H3/t20-,23+/m0/s1.